The monoisotopic (exact) mass is 393 g/mol. The molecule has 2 aromatic carbocycles. The lowest BCUT2D eigenvalue weighted by Crippen LogP contribution is -2.05. The number of allylic oxidation sites excluding steroid dienone is 1. The number of fused-ring (bicyclic) bond motifs is 3. The molecule has 142 valence electrons. The van der Waals surface area contributed by atoms with Crippen molar-refractivity contribution in [3.05, 3.63) is 77.4 Å². The van der Waals surface area contributed by atoms with Crippen molar-refractivity contribution >= 4 is 34.6 Å². The number of nitro groups is 3. The summed E-state index contributed by atoms with van der Waals surface area (Å²) in [4.78, 5) is 43.6. The Morgan fingerprint density at radius 1 is 0.931 bits per heavy atom. The van der Waals surface area contributed by atoms with Crippen molar-refractivity contribution in [1.82, 2.24) is 0 Å². The second-order valence-corrected chi connectivity index (χ2v) is 5.76. The number of carbonyl (C=O) groups is 1. The van der Waals surface area contributed by atoms with Crippen LogP contribution in [0.1, 0.15) is 11.1 Å². The Kier molecular flexibility index (Phi) is 4.41. The highest BCUT2D eigenvalue weighted by Gasteiger charge is 2.37. The first-order chi connectivity index (χ1) is 13.7. The van der Waals surface area contributed by atoms with Gasteiger partial charge in [-0.25, -0.2) is 0 Å². The van der Waals surface area contributed by atoms with Gasteiger partial charge in [-0.05, 0) is 17.2 Å². The van der Waals surface area contributed by atoms with E-state index in [1.807, 2.05) is 0 Å². The molecule has 29 heavy (non-hydrogen) atoms. The van der Waals surface area contributed by atoms with E-state index in [4.69, 9.17) is 5.41 Å². The maximum absolute atomic E-state index is 12.1. The van der Waals surface area contributed by atoms with E-state index in [9.17, 15) is 40.4 Å². The summed E-state index contributed by atoms with van der Waals surface area (Å²) in [5.41, 5.74) is -2.77. The molecule has 0 aromatic heterocycles. The largest absolute Gasteiger partial charge is 0.305 e. The zero-order valence-electron chi connectivity index (χ0n) is 14.1. The molecule has 0 radical (unpaired) electrons. The molecule has 0 fully saturated rings. The minimum absolute atomic E-state index is 0.0375. The van der Waals surface area contributed by atoms with Crippen molar-refractivity contribution < 1.29 is 19.6 Å². The molecule has 1 N–H and O–H groups in total. The summed E-state index contributed by atoms with van der Waals surface area (Å²) in [6, 6.07) is 6.60. The summed E-state index contributed by atoms with van der Waals surface area (Å²) < 4.78 is 0. The van der Waals surface area contributed by atoms with Crippen molar-refractivity contribution in [2.75, 3.05) is 0 Å². The molecular formula is C17H7N5O7. The molecule has 0 unspecified atom stereocenters. The Morgan fingerprint density at radius 2 is 1.55 bits per heavy atom. The highest BCUT2D eigenvalue weighted by molar-refractivity contribution is 6.38. The number of rotatable bonds is 5. The molecule has 0 amide bonds. The molecule has 2 aromatic rings. The summed E-state index contributed by atoms with van der Waals surface area (Å²) in [5, 5.41) is 50.5. The molecule has 12 heteroatoms. The lowest BCUT2D eigenvalue weighted by Gasteiger charge is -2.05. The molecule has 1 aliphatic rings. The average molecular weight is 393 g/mol. The molecule has 1 aliphatic carbocycles. The number of benzene rings is 2. The van der Waals surface area contributed by atoms with E-state index < -0.39 is 43.2 Å². The number of hydrogen-bond acceptors (Lipinski definition) is 9. The average Bonchev–Trinajstić information content (AvgIpc) is 3.01. The van der Waals surface area contributed by atoms with Crippen LogP contribution in [-0.4, -0.2) is 26.8 Å². The van der Waals surface area contributed by atoms with Crippen LogP contribution in [0.25, 0.3) is 16.7 Å². The maximum Gasteiger partial charge on any atom is 0.284 e. The highest BCUT2D eigenvalue weighted by Crippen LogP contribution is 2.51. The third-order valence-electron chi connectivity index (χ3n) is 4.27. The lowest BCUT2D eigenvalue weighted by atomic mass is 9.95. The van der Waals surface area contributed by atoms with Gasteiger partial charge in [0.25, 0.3) is 17.1 Å². The van der Waals surface area contributed by atoms with E-state index in [2.05, 4.69) is 0 Å². The van der Waals surface area contributed by atoms with Gasteiger partial charge in [-0.2, -0.15) is 5.26 Å². The van der Waals surface area contributed by atoms with Crippen LogP contribution < -0.4 is 0 Å². The Morgan fingerprint density at radius 3 is 2.07 bits per heavy atom. The fourth-order valence-corrected chi connectivity index (χ4v) is 3.13. The molecule has 0 bridgehead atoms. The summed E-state index contributed by atoms with van der Waals surface area (Å²) in [6.45, 7) is 0. The third-order valence-corrected chi connectivity index (χ3v) is 4.27. The number of nitrogens with one attached hydrogen (secondary N) is 1. The zero-order valence-corrected chi connectivity index (χ0v) is 14.1. The predicted molar refractivity (Wildman–Crippen MR) is 97.3 cm³/mol. The Labute approximate surface area is 160 Å². The van der Waals surface area contributed by atoms with Gasteiger partial charge in [-0.3, -0.25) is 35.1 Å². The molecule has 0 saturated heterocycles. The van der Waals surface area contributed by atoms with Gasteiger partial charge in [0.1, 0.15) is 11.6 Å². The van der Waals surface area contributed by atoms with Gasteiger partial charge in [-0.1, -0.05) is 0 Å². The lowest BCUT2D eigenvalue weighted by molar-refractivity contribution is -0.393. The molecule has 3 rings (SSSR count). The topological polar surface area (TPSA) is 194 Å². The number of carbonyl (C=O) groups excluding carboxylic acids is 1. The van der Waals surface area contributed by atoms with Crippen molar-refractivity contribution in [3.8, 4) is 17.2 Å². The van der Waals surface area contributed by atoms with Crippen molar-refractivity contribution in [3.63, 3.8) is 0 Å². The van der Waals surface area contributed by atoms with Crippen LogP contribution in [-0.2, 0) is 4.79 Å². The number of nitriles is 1. The van der Waals surface area contributed by atoms with E-state index in [0.717, 1.165) is 24.3 Å². The van der Waals surface area contributed by atoms with Gasteiger partial charge >= 0.3 is 0 Å². The molecule has 0 heterocycles. The normalized spacial score (nSPS) is 12.9. The quantitative estimate of drug-likeness (QED) is 0.224. The minimum Gasteiger partial charge on any atom is -0.305 e. The summed E-state index contributed by atoms with van der Waals surface area (Å²) >= 11 is 0. The van der Waals surface area contributed by atoms with Crippen LogP contribution in [0.3, 0.4) is 0 Å². The summed E-state index contributed by atoms with van der Waals surface area (Å²) in [5.74, 6) is -1.05. The van der Waals surface area contributed by atoms with Crippen molar-refractivity contribution in [1.29, 1.82) is 10.7 Å². The predicted octanol–water partition coefficient (Wildman–Crippen LogP) is 2.94. The van der Waals surface area contributed by atoms with Gasteiger partial charge in [0.2, 0.25) is 5.78 Å². The van der Waals surface area contributed by atoms with Gasteiger partial charge in [0.15, 0.2) is 0 Å². The van der Waals surface area contributed by atoms with Crippen LogP contribution in [0, 0.1) is 47.1 Å². The molecule has 12 nitrogen and oxygen atoms in total. The first-order valence-electron chi connectivity index (χ1n) is 7.66. The van der Waals surface area contributed by atoms with E-state index >= 15 is 0 Å². The van der Waals surface area contributed by atoms with E-state index in [1.54, 1.807) is 6.07 Å². The summed E-state index contributed by atoms with van der Waals surface area (Å²) in [6.07, 6.45) is 0.340. The number of Topliss-reactive ketones (excluding diaryl/α,β-unsaturated/α-hetero) is 1. The van der Waals surface area contributed by atoms with Gasteiger partial charge in [0, 0.05) is 29.3 Å². The first-order valence-corrected chi connectivity index (χ1v) is 7.66. The fraction of sp³-hybridized carbons (Fsp3) is 0. The highest BCUT2D eigenvalue weighted by atomic mass is 16.6. The van der Waals surface area contributed by atoms with E-state index in [1.165, 1.54) is 6.07 Å². The smallest absolute Gasteiger partial charge is 0.284 e. The Balaban J connectivity index is 2.56. The fourth-order valence-electron chi connectivity index (χ4n) is 3.13. The van der Waals surface area contributed by atoms with Gasteiger partial charge in [-0.15, -0.1) is 0 Å². The van der Waals surface area contributed by atoms with E-state index in [-0.39, 0.29) is 27.8 Å². The number of ketones is 1. The van der Waals surface area contributed by atoms with Crippen LogP contribution in [0.15, 0.2) is 35.9 Å². The number of hydrogen-bond donors (Lipinski definition) is 1. The zero-order chi connectivity index (χ0) is 21.5. The Hall–Kier alpha value is -4.79. The van der Waals surface area contributed by atoms with Crippen LogP contribution in [0.5, 0.6) is 0 Å². The standard InChI is InChI=1S/C17H7N5O7/c18-6-13(15(23)7-19)16-11-3-8(20(24)25)1-2-10(11)17-12(16)4-9(21(26)27)5-14(17)22(28)29/h1-5,7,19H. The SMILES string of the molecule is N#CC(C(=O)C=N)=C1c2cc([N+](=O)[O-])ccc2-c2c1cc([N+](=O)[O-])cc2[N+](=O)[O-]. The number of non-ortho nitro benzene ring substituents is 2. The van der Waals surface area contributed by atoms with Crippen LogP contribution >= 0.6 is 0 Å². The van der Waals surface area contributed by atoms with Crippen LogP contribution in [0.4, 0.5) is 17.1 Å². The van der Waals surface area contributed by atoms with Gasteiger partial charge in [0.05, 0.1) is 32.6 Å². The molecule has 0 spiro atoms. The van der Waals surface area contributed by atoms with Crippen molar-refractivity contribution in [2.24, 2.45) is 0 Å². The number of nitrogens with zero attached hydrogens (tertiary/aromatic N) is 4. The molecule has 0 atom stereocenters. The van der Waals surface area contributed by atoms with Crippen molar-refractivity contribution in [2.45, 2.75) is 0 Å². The second-order valence-electron chi connectivity index (χ2n) is 5.76. The second kappa shape index (κ2) is 6.74. The first kappa shape index (κ1) is 19.0. The molecule has 0 saturated carbocycles. The Bertz CT molecular complexity index is 1240. The maximum atomic E-state index is 12.1. The van der Waals surface area contributed by atoms with Gasteiger partial charge < -0.3 is 5.41 Å². The van der Waals surface area contributed by atoms with E-state index in [0.29, 0.717) is 6.21 Å². The third kappa shape index (κ3) is 2.88. The van der Waals surface area contributed by atoms with Crippen LogP contribution in [0.2, 0.25) is 0 Å². The molecular weight excluding hydrogens is 386 g/mol. The molecule has 0 aliphatic heterocycles. The number of nitro benzene ring substituents is 3. The minimum atomic E-state index is -1.05. The summed E-state index contributed by atoms with van der Waals surface area (Å²) in [7, 11) is 0.